The molecule has 21 heteroatoms. The molecule has 0 aliphatic rings. The van der Waals surface area contributed by atoms with E-state index in [1.807, 2.05) is 6.07 Å². The van der Waals surface area contributed by atoms with Gasteiger partial charge in [0.05, 0.1) is 117 Å². The summed E-state index contributed by atoms with van der Waals surface area (Å²) < 4.78 is 45.7. The van der Waals surface area contributed by atoms with Crippen LogP contribution in [0.1, 0.15) is 41.6 Å². The van der Waals surface area contributed by atoms with Crippen molar-refractivity contribution in [2.75, 3.05) is 131 Å². The fourth-order valence-corrected chi connectivity index (χ4v) is 6.62. The standard InChI is InChI=1S/C48H65N9O12/c1-2-36-6-5-7-37(32-36)48(61)52-14-19-65-23-27-69-31-29-67-25-21-63-17-11-43(60)51-13-18-64-22-26-68-30-28-66-24-20-62-16-10-42(59)50-12-3-4-15-57-47-44(46(49)53-35-54-47)45(56-57)41-34-38-33-39(58)8-9-40(38)55-41/h1,5-9,32-35,55,58H,3-4,10-31H2,(H,50,59)(H,51,60)(H,52,61)(H2,49,53,54). The number of amides is 3. The van der Waals surface area contributed by atoms with Crippen LogP contribution in [0.4, 0.5) is 5.82 Å². The van der Waals surface area contributed by atoms with E-state index >= 15 is 0 Å². The van der Waals surface area contributed by atoms with E-state index in [1.54, 1.807) is 47.1 Å². The number of carbonyl (C=O) groups is 3. The number of hydrogen-bond acceptors (Lipinski definition) is 16. The number of terminal acetylenes is 1. The van der Waals surface area contributed by atoms with Crippen LogP contribution in [0.15, 0.2) is 54.9 Å². The second-order valence-corrected chi connectivity index (χ2v) is 15.3. The number of rotatable bonds is 37. The molecule has 5 rings (SSSR count). The minimum atomic E-state index is -0.204. The van der Waals surface area contributed by atoms with Crippen molar-refractivity contribution in [2.24, 2.45) is 0 Å². The number of ether oxygens (including phenoxy) is 8. The lowest BCUT2D eigenvalue weighted by molar-refractivity contribution is -0.123. The number of unbranched alkanes of at least 4 members (excludes halogenated alkanes) is 1. The minimum Gasteiger partial charge on any atom is -0.508 e. The van der Waals surface area contributed by atoms with Crippen molar-refractivity contribution in [1.82, 2.24) is 40.7 Å². The molecule has 3 aromatic heterocycles. The molecule has 0 saturated heterocycles. The molecule has 5 aromatic rings. The van der Waals surface area contributed by atoms with Crippen LogP contribution >= 0.6 is 0 Å². The van der Waals surface area contributed by atoms with Gasteiger partial charge in [0.25, 0.3) is 5.91 Å². The number of H-pyrrole nitrogens is 1. The van der Waals surface area contributed by atoms with Gasteiger partial charge < -0.3 is 69.7 Å². The maximum absolute atomic E-state index is 12.3. The van der Waals surface area contributed by atoms with E-state index in [4.69, 9.17) is 55.2 Å². The van der Waals surface area contributed by atoms with Crippen molar-refractivity contribution in [3.8, 4) is 29.5 Å². The number of nitrogens with zero attached hydrogens (tertiary/aromatic N) is 4. The monoisotopic (exact) mass is 959 g/mol. The number of aromatic nitrogens is 5. The Balaban J connectivity index is 0.724. The highest BCUT2D eigenvalue weighted by atomic mass is 16.6. The first kappa shape index (κ1) is 53.7. The summed E-state index contributed by atoms with van der Waals surface area (Å²) >= 11 is 0. The van der Waals surface area contributed by atoms with E-state index in [1.165, 1.54) is 6.33 Å². The van der Waals surface area contributed by atoms with E-state index in [9.17, 15) is 19.5 Å². The fourth-order valence-electron chi connectivity index (χ4n) is 6.62. The molecule has 0 bridgehead atoms. The van der Waals surface area contributed by atoms with Gasteiger partial charge in [-0.25, -0.2) is 14.6 Å². The number of fused-ring (bicyclic) bond motifs is 2. The van der Waals surface area contributed by atoms with E-state index in [-0.39, 0.29) is 42.9 Å². The summed E-state index contributed by atoms with van der Waals surface area (Å²) in [6, 6.07) is 13.9. The Morgan fingerprint density at radius 3 is 1.84 bits per heavy atom. The molecule has 0 atom stereocenters. The molecule has 21 nitrogen and oxygen atoms in total. The second-order valence-electron chi connectivity index (χ2n) is 15.3. The molecule has 3 heterocycles. The van der Waals surface area contributed by atoms with Crippen LogP contribution in [0.3, 0.4) is 0 Å². The maximum atomic E-state index is 12.3. The summed E-state index contributed by atoms with van der Waals surface area (Å²) in [5.41, 5.74) is 10.3. The highest BCUT2D eigenvalue weighted by Crippen LogP contribution is 2.32. The molecule has 2 aromatic carbocycles. The Kier molecular flexibility index (Phi) is 24.7. The zero-order chi connectivity index (χ0) is 48.7. The summed E-state index contributed by atoms with van der Waals surface area (Å²) in [4.78, 5) is 48.4. The van der Waals surface area contributed by atoms with E-state index in [0.717, 1.165) is 29.4 Å². The highest BCUT2D eigenvalue weighted by molar-refractivity contribution is 6.00. The lowest BCUT2D eigenvalue weighted by Crippen LogP contribution is -2.28. The zero-order valence-electron chi connectivity index (χ0n) is 39.0. The first-order valence-electron chi connectivity index (χ1n) is 23.1. The van der Waals surface area contributed by atoms with Gasteiger partial charge in [0, 0.05) is 61.1 Å². The third-order valence-electron chi connectivity index (χ3n) is 10.1. The number of nitrogens with one attached hydrogen (secondary N) is 4. The van der Waals surface area contributed by atoms with Crippen LogP contribution in [-0.2, 0) is 54.0 Å². The number of hydrogen-bond donors (Lipinski definition) is 6. The van der Waals surface area contributed by atoms with Crippen LogP contribution in [0.2, 0.25) is 0 Å². The predicted molar refractivity (Wildman–Crippen MR) is 256 cm³/mol. The molecule has 7 N–H and O–H groups in total. The topological polar surface area (TPSA) is 267 Å². The number of phenolic OH excluding ortho intramolecular Hbond substituents is 1. The lowest BCUT2D eigenvalue weighted by Gasteiger charge is -2.09. The Bertz CT molecular complexity index is 2350. The molecule has 0 spiro atoms. The molecule has 0 aliphatic carbocycles. The van der Waals surface area contributed by atoms with Gasteiger partial charge in [0.2, 0.25) is 11.8 Å². The third-order valence-corrected chi connectivity index (χ3v) is 10.1. The fraction of sp³-hybridized carbons (Fsp3) is 0.500. The molecule has 0 saturated carbocycles. The van der Waals surface area contributed by atoms with Gasteiger partial charge in [-0.05, 0) is 55.3 Å². The number of nitrogens with two attached hydrogens (primary N) is 1. The number of aromatic hydroxyl groups is 1. The summed E-state index contributed by atoms with van der Waals surface area (Å²) in [7, 11) is 0. The molecule has 0 aliphatic heterocycles. The summed E-state index contributed by atoms with van der Waals surface area (Å²) in [6.45, 7) is 7.90. The molecule has 69 heavy (non-hydrogen) atoms. The van der Waals surface area contributed by atoms with Gasteiger partial charge in [0.1, 0.15) is 23.6 Å². The van der Waals surface area contributed by atoms with Crippen LogP contribution in [-0.4, -0.2) is 173 Å². The Labute approximate surface area is 401 Å². The van der Waals surface area contributed by atoms with Gasteiger partial charge in [0.15, 0.2) is 5.65 Å². The molecular weight excluding hydrogens is 895 g/mol. The van der Waals surface area contributed by atoms with Crippen molar-refractivity contribution in [3.63, 3.8) is 0 Å². The van der Waals surface area contributed by atoms with Crippen molar-refractivity contribution in [2.45, 2.75) is 32.2 Å². The lowest BCUT2D eigenvalue weighted by atomic mass is 10.1. The van der Waals surface area contributed by atoms with Gasteiger partial charge in [-0.2, -0.15) is 5.10 Å². The number of benzene rings is 2. The summed E-state index contributed by atoms with van der Waals surface area (Å²) in [6.07, 6.45) is 8.77. The molecule has 374 valence electrons. The highest BCUT2D eigenvalue weighted by Gasteiger charge is 2.19. The molecule has 0 unspecified atom stereocenters. The van der Waals surface area contributed by atoms with Crippen LogP contribution in [0, 0.1) is 12.3 Å². The van der Waals surface area contributed by atoms with Crippen LogP contribution in [0.5, 0.6) is 5.75 Å². The first-order chi connectivity index (χ1) is 33.8. The number of phenols is 1. The van der Waals surface area contributed by atoms with Crippen molar-refractivity contribution < 1.29 is 57.4 Å². The molecular formula is C48H65N9O12. The normalized spacial score (nSPS) is 11.3. The average Bonchev–Trinajstić information content (AvgIpc) is 3.95. The first-order valence-corrected chi connectivity index (χ1v) is 23.1. The van der Waals surface area contributed by atoms with Crippen molar-refractivity contribution >= 4 is 45.5 Å². The number of nitrogen functional groups attached to an aromatic ring is 1. The molecule has 3 amide bonds. The van der Waals surface area contributed by atoms with E-state index in [0.29, 0.717) is 159 Å². The maximum Gasteiger partial charge on any atom is 0.251 e. The largest absolute Gasteiger partial charge is 0.508 e. The number of carbonyl (C=O) groups excluding carboxylic acids is 3. The minimum absolute atomic E-state index is 0.0863. The predicted octanol–water partition coefficient (Wildman–Crippen LogP) is 2.60. The quantitative estimate of drug-likeness (QED) is 0.0247. The number of aromatic amines is 1. The van der Waals surface area contributed by atoms with Crippen LogP contribution in [0.25, 0.3) is 33.3 Å². The SMILES string of the molecule is C#Cc1cccc(C(=O)NCCOCCOCCOCCOCCC(=O)NCCOCCOCCOCCOCCC(=O)NCCCCn2nc(-c3cc4cc(O)ccc4[nH]3)c3c(N)ncnc32)c1. The van der Waals surface area contributed by atoms with Crippen molar-refractivity contribution in [3.05, 3.63) is 66.0 Å². The van der Waals surface area contributed by atoms with Gasteiger partial charge >= 0.3 is 0 Å². The zero-order valence-corrected chi connectivity index (χ0v) is 39.0. The number of anilines is 1. The third kappa shape index (κ3) is 20.1. The molecule has 0 fully saturated rings. The van der Waals surface area contributed by atoms with E-state index in [2.05, 4.69) is 36.8 Å². The Morgan fingerprint density at radius 2 is 1.23 bits per heavy atom. The van der Waals surface area contributed by atoms with Crippen LogP contribution < -0.4 is 21.7 Å². The van der Waals surface area contributed by atoms with E-state index < -0.39 is 0 Å². The Hall–Kier alpha value is -6.22. The van der Waals surface area contributed by atoms with Crippen molar-refractivity contribution in [1.29, 1.82) is 0 Å². The number of aryl methyl sites for hydroxylation is 1. The van der Waals surface area contributed by atoms with Gasteiger partial charge in [-0.15, -0.1) is 6.42 Å². The molecule has 0 radical (unpaired) electrons. The second kappa shape index (κ2) is 31.8. The average molecular weight is 960 g/mol. The Morgan fingerprint density at radius 1 is 0.667 bits per heavy atom. The van der Waals surface area contributed by atoms with Gasteiger partial charge in [-0.1, -0.05) is 12.0 Å². The summed E-state index contributed by atoms with van der Waals surface area (Å²) in [5.74, 6) is 2.60. The smallest absolute Gasteiger partial charge is 0.251 e. The summed E-state index contributed by atoms with van der Waals surface area (Å²) in [5, 5.41) is 24.7. The van der Waals surface area contributed by atoms with Gasteiger partial charge in [-0.3, -0.25) is 14.4 Å².